The van der Waals surface area contributed by atoms with Crippen LogP contribution in [0.5, 0.6) is 0 Å². The first-order valence-electron chi connectivity index (χ1n) is 22.2. The molecule has 0 atom stereocenters. The zero-order chi connectivity index (χ0) is 42.8. The third-order valence-electron chi connectivity index (χ3n) is 13.2. The molecule has 0 aliphatic carbocycles. The summed E-state index contributed by atoms with van der Waals surface area (Å²) >= 11 is 1.91. The number of para-hydroxylation sites is 3. The summed E-state index contributed by atoms with van der Waals surface area (Å²) in [5, 5.41) is 10.2. The molecule has 65 heavy (non-hydrogen) atoms. The fraction of sp³-hybridized carbons (Fsp3) is 0. The molecule has 0 saturated heterocycles. The maximum atomic E-state index is 2.42. The lowest BCUT2D eigenvalue weighted by atomic mass is 9.96. The van der Waals surface area contributed by atoms with Crippen LogP contribution < -0.4 is 4.90 Å². The van der Waals surface area contributed by atoms with Crippen molar-refractivity contribution in [1.82, 2.24) is 4.57 Å². The van der Waals surface area contributed by atoms with Crippen molar-refractivity contribution in [3.05, 3.63) is 243 Å². The monoisotopic (exact) mass is 844 g/mol. The molecule has 0 aliphatic rings. The van der Waals surface area contributed by atoms with Crippen molar-refractivity contribution in [3.8, 4) is 39.1 Å². The molecule has 2 nitrogen and oxygen atoms in total. The van der Waals surface area contributed by atoms with Crippen LogP contribution in [0.25, 0.3) is 103 Å². The third-order valence-corrected chi connectivity index (χ3v) is 14.5. The van der Waals surface area contributed by atoms with E-state index in [0.29, 0.717) is 0 Å². The summed E-state index contributed by atoms with van der Waals surface area (Å²) in [4.78, 5) is 2.42. The van der Waals surface area contributed by atoms with Gasteiger partial charge in [-0.05, 0) is 104 Å². The molecule has 0 bridgehead atoms. The van der Waals surface area contributed by atoms with Gasteiger partial charge in [0.15, 0.2) is 0 Å². The van der Waals surface area contributed by atoms with E-state index in [0.717, 1.165) is 22.7 Å². The Bertz CT molecular complexity index is 3890. The van der Waals surface area contributed by atoms with E-state index >= 15 is 0 Å². The van der Waals surface area contributed by atoms with Crippen molar-refractivity contribution in [2.45, 2.75) is 0 Å². The van der Waals surface area contributed by atoms with Gasteiger partial charge in [0.05, 0.1) is 16.7 Å². The molecule has 0 saturated carbocycles. The highest BCUT2D eigenvalue weighted by molar-refractivity contribution is 7.27. The van der Waals surface area contributed by atoms with Gasteiger partial charge in [-0.25, -0.2) is 0 Å². The Labute approximate surface area is 381 Å². The predicted molar refractivity (Wildman–Crippen MR) is 280 cm³/mol. The lowest BCUT2D eigenvalue weighted by Crippen LogP contribution is -2.11. The summed E-state index contributed by atoms with van der Waals surface area (Å²) in [5.74, 6) is 0. The lowest BCUT2D eigenvalue weighted by molar-refractivity contribution is 1.18. The lowest BCUT2D eigenvalue weighted by Gasteiger charge is -2.28. The highest BCUT2D eigenvalue weighted by Crippen LogP contribution is 2.46. The Hall–Kier alpha value is -8.24. The smallest absolute Gasteiger partial charge is 0.0541 e. The Morgan fingerprint density at radius 3 is 1.58 bits per heavy atom. The minimum absolute atomic E-state index is 1.09. The van der Waals surface area contributed by atoms with Crippen LogP contribution in [0.15, 0.2) is 243 Å². The third kappa shape index (κ3) is 6.16. The number of benzene rings is 11. The molecular formula is C62H40N2S. The van der Waals surface area contributed by atoms with Crippen LogP contribution in [0.2, 0.25) is 0 Å². The van der Waals surface area contributed by atoms with Gasteiger partial charge >= 0.3 is 0 Å². The van der Waals surface area contributed by atoms with Crippen LogP contribution in [-0.2, 0) is 0 Å². The Balaban J connectivity index is 0.932. The maximum Gasteiger partial charge on any atom is 0.0541 e. The molecule has 0 spiro atoms. The zero-order valence-electron chi connectivity index (χ0n) is 35.4. The second kappa shape index (κ2) is 15.2. The maximum absolute atomic E-state index is 2.42. The van der Waals surface area contributed by atoms with Crippen LogP contribution in [0, 0.1) is 0 Å². The van der Waals surface area contributed by atoms with E-state index in [4.69, 9.17) is 0 Å². The number of fused-ring (bicyclic) bond motifs is 9. The van der Waals surface area contributed by atoms with Crippen LogP contribution in [0.1, 0.15) is 0 Å². The van der Waals surface area contributed by atoms with Gasteiger partial charge in [0.1, 0.15) is 0 Å². The minimum atomic E-state index is 1.09. The van der Waals surface area contributed by atoms with E-state index in [2.05, 4.69) is 252 Å². The topological polar surface area (TPSA) is 8.17 Å². The summed E-state index contributed by atoms with van der Waals surface area (Å²) < 4.78 is 5.06. The molecule has 304 valence electrons. The fourth-order valence-corrected chi connectivity index (χ4v) is 11.5. The Morgan fingerprint density at radius 1 is 0.308 bits per heavy atom. The van der Waals surface area contributed by atoms with Gasteiger partial charge in [0.25, 0.3) is 0 Å². The standard InChI is InChI=1S/C62H40N2S/c1-3-19-49-42(14-1)16-12-25-52(49)53-21-5-8-27-58(53)63(47-37-32-44(33-38-47)51-24-13-26-56-57-39-34-43-15-2-4-20-50(43)62(57)65-61(51)56)46-35-30-41(31-36-46)45-17-11-18-48(40-45)64-59-28-9-6-22-54(59)55-23-7-10-29-60(55)64/h1-40H. The van der Waals surface area contributed by atoms with Gasteiger partial charge in [-0.2, -0.15) is 0 Å². The van der Waals surface area contributed by atoms with E-state index in [1.165, 1.54) is 96.9 Å². The average molecular weight is 845 g/mol. The molecule has 11 aromatic carbocycles. The Kier molecular flexibility index (Phi) is 8.75. The number of anilines is 3. The number of rotatable bonds is 7. The van der Waals surface area contributed by atoms with E-state index in [1.54, 1.807) is 0 Å². The zero-order valence-corrected chi connectivity index (χ0v) is 36.2. The molecule has 2 heterocycles. The molecule has 0 N–H and O–H groups in total. The molecular weight excluding hydrogens is 805 g/mol. The van der Waals surface area contributed by atoms with Gasteiger partial charge in [0, 0.05) is 53.6 Å². The second-order valence-corrected chi connectivity index (χ2v) is 17.9. The van der Waals surface area contributed by atoms with Gasteiger partial charge < -0.3 is 9.47 Å². The molecule has 0 fully saturated rings. The van der Waals surface area contributed by atoms with Gasteiger partial charge in [-0.1, -0.05) is 188 Å². The second-order valence-electron chi connectivity index (χ2n) is 16.8. The first-order valence-corrected chi connectivity index (χ1v) is 23.1. The number of thiophene rings is 1. The summed E-state index contributed by atoms with van der Waals surface area (Å²) in [6, 6.07) is 88.8. The SMILES string of the molecule is c1cc(-c2ccc(N(c3ccc(-c4cccc5c4sc4c6ccccc6ccc54)cc3)c3ccccc3-c3cccc4ccccc34)cc2)cc(-n2c3ccccc3c3ccccc32)c1. The van der Waals surface area contributed by atoms with E-state index in [9.17, 15) is 0 Å². The van der Waals surface area contributed by atoms with Crippen molar-refractivity contribution in [2.24, 2.45) is 0 Å². The van der Waals surface area contributed by atoms with Crippen molar-refractivity contribution in [3.63, 3.8) is 0 Å². The highest BCUT2D eigenvalue weighted by Gasteiger charge is 2.20. The fourth-order valence-electron chi connectivity index (χ4n) is 10.2. The summed E-state index contributed by atoms with van der Waals surface area (Å²) in [6.45, 7) is 0. The van der Waals surface area contributed by atoms with Crippen molar-refractivity contribution < 1.29 is 0 Å². The Morgan fingerprint density at radius 2 is 0.831 bits per heavy atom. The largest absolute Gasteiger partial charge is 0.310 e. The minimum Gasteiger partial charge on any atom is -0.310 e. The number of aromatic nitrogens is 1. The summed E-state index contributed by atoms with van der Waals surface area (Å²) in [6.07, 6.45) is 0. The first-order chi connectivity index (χ1) is 32.2. The molecule has 13 aromatic rings. The molecule has 0 aliphatic heterocycles. The predicted octanol–water partition coefficient (Wildman–Crippen LogP) is 17.9. The van der Waals surface area contributed by atoms with E-state index in [1.807, 2.05) is 11.3 Å². The van der Waals surface area contributed by atoms with Crippen LogP contribution in [0.4, 0.5) is 17.1 Å². The molecule has 13 rings (SSSR count). The molecule has 0 radical (unpaired) electrons. The highest BCUT2D eigenvalue weighted by atomic mass is 32.1. The van der Waals surface area contributed by atoms with E-state index in [-0.39, 0.29) is 0 Å². The van der Waals surface area contributed by atoms with E-state index < -0.39 is 0 Å². The average Bonchev–Trinajstić information content (AvgIpc) is 3.94. The summed E-state index contributed by atoms with van der Waals surface area (Å²) in [5.41, 5.74) is 14.1. The molecule has 0 amide bonds. The van der Waals surface area contributed by atoms with Gasteiger partial charge in [0.2, 0.25) is 0 Å². The number of nitrogens with zero attached hydrogens (tertiary/aromatic N) is 2. The van der Waals surface area contributed by atoms with Gasteiger partial charge in [-0.15, -0.1) is 11.3 Å². The molecule has 2 aromatic heterocycles. The van der Waals surface area contributed by atoms with Crippen LogP contribution in [0.3, 0.4) is 0 Å². The van der Waals surface area contributed by atoms with Crippen molar-refractivity contribution in [1.29, 1.82) is 0 Å². The first kappa shape index (κ1) is 37.3. The number of hydrogen-bond acceptors (Lipinski definition) is 2. The van der Waals surface area contributed by atoms with Gasteiger partial charge in [-0.3, -0.25) is 0 Å². The quantitative estimate of drug-likeness (QED) is 0.155. The summed E-state index contributed by atoms with van der Waals surface area (Å²) in [7, 11) is 0. The van der Waals surface area contributed by atoms with Crippen molar-refractivity contribution in [2.75, 3.05) is 4.90 Å². The van der Waals surface area contributed by atoms with Crippen molar-refractivity contribution >= 4 is 91.9 Å². The number of hydrogen-bond donors (Lipinski definition) is 0. The van der Waals surface area contributed by atoms with Crippen LogP contribution in [-0.4, -0.2) is 4.57 Å². The van der Waals surface area contributed by atoms with Crippen LogP contribution >= 0.6 is 11.3 Å². The molecule has 3 heteroatoms. The molecule has 0 unspecified atom stereocenters. The normalized spacial score (nSPS) is 11.7.